The molecular formula is C18H25NO3. The van der Waals surface area contributed by atoms with Gasteiger partial charge in [-0.3, -0.25) is 0 Å². The van der Waals surface area contributed by atoms with Crippen molar-refractivity contribution in [2.24, 2.45) is 11.8 Å². The first kappa shape index (κ1) is 15.3. The van der Waals surface area contributed by atoms with Gasteiger partial charge in [0.15, 0.2) is 11.5 Å². The molecule has 3 rings (SSSR count). The second-order valence-corrected chi connectivity index (χ2v) is 6.72. The fraction of sp³-hybridized carbons (Fsp3) is 0.611. The van der Waals surface area contributed by atoms with Gasteiger partial charge in [-0.15, -0.1) is 0 Å². The number of hydrogen-bond acceptors (Lipinski definition) is 4. The third kappa shape index (κ3) is 2.60. The van der Waals surface area contributed by atoms with Crippen LogP contribution in [0, 0.1) is 11.8 Å². The molecule has 1 saturated heterocycles. The summed E-state index contributed by atoms with van der Waals surface area (Å²) in [5.41, 5.74) is 2.33. The van der Waals surface area contributed by atoms with Crippen molar-refractivity contribution in [1.82, 2.24) is 4.90 Å². The maximum absolute atomic E-state index is 10.9. The molecule has 0 radical (unpaired) electrons. The van der Waals surface area contributed by atoms with Crippen molar-refractivity contribution in [3.05, 3.63) is 23.3 Å². The van der Waals surface area contributed by atoms with Crippen LogP contribution in [0.2, 0.25) is 0 Å². The SMILES string of the molecule is COc1ccc2c(c1O)C1CCN(C)CC(C2)C1CCC=O. The Bertz CT molecular complexity index is 558. The van der Waals surface area contributed by atoms with E-state index in [0.29, 0.717) is 35.7 Å². The fourth-order valence-corrected chi connectivity index (χ4v) is 4.47. The summed E-state index contributed by atoms with van der Waals surface area (Å²) in [5.74, 6) is 2.24. The summed E-state index contributed by atoms with van der Waals surface area (Å²) in [6, 6.07) is 3.98. The Balaban J connectivity index is 2.04. The molecule has 0 spiro atoms. The number of rotatable bonds is 4. The van der Waals surface area contributed by atoms with Gasteiger partial charge in [-0.2, -0.15) is 0 Å². The molecule has 1 aliphatic heterocycles. The molecule has 0 amide bonds. The Morgan fingerprint density at radius 3 is 3.00 bits per heavy atom. The smallest absolute Gasteiger partial charge is 0.161 e. The van der Waals surface area contributed by atoms with E-state index >= 15 is 0 Å². The van der Waals surface area contributed by atoms with Crippen LogP contribution in [-0.2, 0) is 11.2 Å². The second kappa shape index (κ2) is 6.29. The van der Waals surface area contributed by atoms with Crippen LogP contribution in [-0.4, -0.2) is 43.5 Å². The number of benzene rings is 1. The van der Waals surface area contributed by atoms with Gasteiger partial charge in [0.1, 0.15) is 6.29 Å². The van der Waals surface area contributed by atoms with Crippen molar-refractivity contribution in [1.29, 1.82) is 0 Å². The Labute approximate surface area is 132 Å². The number of aromatic hydroxyl groups is 1. The van der Waals surface area contributed by atoms with E-state index < -0.39 is 0 Å². The quantitative estimate of drug-likeness (QED) is 0.869. The normalized spacial score (nSPS) is 27.8. The lowest BCUT2D eigenvalue weighted by Gasteiger charge is -2.38. The lowest BCUT2D eigenvalue weighted by Crippen LogP contribution is -2.33. The van der Waals surface area contributed by atoms with Crippen molar-refractivity contribution in [2.75, 3.05) is 27.2 Å². The molecule has 4 nitrogen and oxygen atoms in total. The average molecular weight is 303 g/mol. The predicted octanol–water partition coefficient (Wildman–Crippen LogP) is 2.59. The number of fused-ring (bicyclic) bond motifs is 4. The number of hydrogen-bond donors (Lipinski definition) is 1. The third-order valence-corrected chi connectivity index (χ3v) is 5.45. The zero-order valence-corrected chi connectivity index (χ0v) is 13.4. The summed E-state index contributed by atoms with van der Waals surface area (Å²) in [6.07, 6.45) is 4.57. The van der Waals surface area contributed by atoms with Gasteiger partial charge in [0.2, 0.25) is 0 Å². The van der Waals surface area contributed by atoms with Gasteiger partial charge in [-0.25, -0.2) is 0 Å². The molecule has 120 valence electrons. The van der Waals surface area contributed by atoms with E-state index in [1.54, 1.807) is 7.11 Å². The van der Waals surface area contributed by atoms with Crippen molar-refractivity contribution in [3.63, 3.8) is 0 Å². The maximum Gasteiger partial charge on any atom is 0.161 e. The second-order valence-electron chi connectivity index (χ2n) is 6.72. The number of nitrogens with zero attached hydrogens (tertiary/aromatic N) is 1. The molecule has 1 aromatic rings. The molecule has 4 heteroatoms. The average Bonchev–Trinajstić information content (AvgIpc) is 2.60. The minimum Gasteiger partial charge on any atom is -0.504 e. The summed E-state index contributed by atoms with van der Waals surface area (Å²) < 4.78 is 5.30. The number of aldehydes is 1. The Kier molecular flexibility index (Phi) is 4.39. The zero-order chi connectivity index (χ0) is 15.7. The molecule has 1 fully saturated rings. The lowest BCUT2D eigenvalue weighted by molar-refractivity contribution is -0.108. The first-order valence-electron chi connectivity index (χ1n) is 8.16. The van der Waals surface area contributed by atoms with Crippen molar-refractivity contribution >= 4 is 6.29 Å². The van der Waals surface area contributed by atoms with Gasteiger partial charge in [0.25, 0.3) is 0 Å². The molecular weight excluding hydrogens is 278 g/mol. The van der Waals surface area contributed by atoms with Crippen LogP contribution in [0.3, 0.4) is 0 Å². The molecule has 1 heterocycles. The molecule has 2 aliphatic rings. The highest BCUT2D eigenvalue weighted by molar-refractivity contribution is 5.54. The van der Waals surface area contributed by atoms with Crippen LogP contribution in [0.1, 0.15) is 36.3 Å². The number of carbonyl (C=O) groups is 1. The molecule has 1 N–H and O–H groups in total. The van der Waals surface area contributed by atoms with Gasteiger partial charge in [0, 0.05) is 18.5 Å². The number of carbonyl (C=O) groups excluding carboxylic acids is 1. The minimum absolute atomic E-state index is 0.309. The first-order valence-corrected chi connectivity index (χ1v) is 8.16. The Morgan fingerprint density at radius 1 is 1.45 bits per heavy atom. The van der Waals surface area contributed by atoms with Gasteiger partial charge in [0.05, 0.1) is 7.11 Å². The number of likely N-dealkylation sites (tertiary alicyclic amines) is 1. The summed E-state index contributed by atoms with van der Waals surface area (Å²) in [7, 11) is 3.76. The number of methoxy groups -OCH3 is 1. The maximum atomic E-state index is 10.9. The van der Waals surface area contributed by atoms with Gasteiger partial charge in [-0.05, 0) is 62.2 Å². The number of phenolic OH excluding ortho intramolecular Hbond substituents is 1. The lowest BCUT2D eigenvalue weighted by atomic mass is 9.66. The highest BCUT2D eigenvalue weighted by Crippen LogP contribution is 2.50. The fourth-order valence-electron chi connectivity index (χ4n) is 4.47. The highest BCUT2D eigenvalue weighted by atomic mass is 16.5. The summed E-state index contributed by atoms with van der Waals surface area (Å²) >= 11 is 0. The van der Waals surface area contributed by atoms with Gasteiger partial charge < -0.3 is 19.5 Å². The third-order valence-electron chi connectivity index (χ3n) is 5.45. The van der Waals surface area contributed by atoms with E-state index in [-0.39, 0.29) is 0 Å². The summed E-state index contributed by atoms with van der Waals surface area (Å²) in [5, 5.41) is 10.6. The van der Waals surface area contributed by atoms with Crippen LogP contribution in [0.15, 0.2) is 12.1 Å². The Morgan fingerprint density at radius 2 is 2.27 bits per heavy atom. The van der Waals surface area contributed by atoms with Crippen molar-refractivity contribution < 1.29 is 14.6 Å². The molecule has 0 saturated carbocycles. The van der Waals surface area contributed by atoms with Crippen LogP contribution in [0.25, 0.3) is 0 Å². The van der Waals surface area contributed by atoms with Crippen LogP contribution in [0.5, 0.6) is 11.5 Å². The topological polar surface area (TPSA) is 49.8 Å². The molecule has 22 heavy (non-hydrogen) atoms. The summed E-state index contributed by atoms with van der Waals surface area (Å²) in [6.45, 7) is 2.11. The molecule has 0 aromatic heterocycles. The van der Waals surface area contributed by atoms with Gasteiger partial charge >= 0.3 is 0 Å². The predicted molar refractivity (Wildman–Crippen MR) is 85.5 cm³/mol. The first-order chi connectivity index (χ1) is 10.7. The molecule has 3 unspecified atom stereocenters. The molecule has 2 bridgehead atoms. The van der Waals surface area contributed by atoms with Gasteiger partial charge in [-0.1, -0.05) is 6.07 Å². The minimum atomic E-state index is 0.309. The summed E-state index contributed by atoms with van der Waals surface area (Å²) in [4.78, 5) is 13.2. The van der Waals surface area contributed by atoms with E-state index in [0.717, 1.165) is 44.2 Å². The van der Waals surface area contributed by atoms with Crippen LogP contribution < -0.4 is 4.74 Å². The standard InChI is InChI=1S/C18H25NO3/c1-19-8-7-15-14(4-3-9-20)13(11-19)10-12-5-6-16(22-2)18(21)17(12)15/h5-6,9,13-15,21H,3-4,7-8,10-11H2,1-2H3. The van der Waals surface area contributed by atoms with E-state index in [2.05, 4.69) is 18.0 Å². The van der Waals surface area contributed by atoms with E-state index in [1.165, 1.54) is 5.56 Å². The molecule has 1 aromatic carbocycles. The van der Waals surface area contributed by atoms with Crippen molar-refractivity contribution in [2.45, 2.75) is 31.6 Å². The van der Waals surface area contributed by atoms with Crippen molar-refractivity contribution in [3.8, 4) is 11.5 Å². The van der Waals surface area contributed by atoms with E-state index in [1.807, 2.05) is 6.07 Å². The number of phenols is 1. The molecule has 3 atom stereocenters. The monoisotopic (exact) mass is 303 g/mol. The van der Waals surface area contributed by atoms with Crippen LogP contribution >= 0.6 is 0 Å². The van der Waals surface area contributed by atoms with Crippen LogP contribution in [0.4, 0.5) is 0 Å². The molecule has 1 aliphatic carbocycles. The highest BCUT2D eigenvalue weighted by Gasteiger charge is 2.40. The zero-order valence-electron chi connectivity index (χ0n) is 13.4. The number of ether oxygens (including phenoxy) is 1. The largest absolute Gasteiger partial charge is 0.504 e. The Hall–Kier alpha value is -1.55. The van der Waals surface area contributed by atoms with E-state index in [9.17, 15) is 9.90 Å². The van der Waals surface area contributed by atoms with E-state index in [4.69, 9.17) is 4.74 Å².